The molecule has 1 aliphatic rings. The van der Waals surface area contributed by atoms with E-state index in [1.54, 1.807) is 36.5 Å². The number of methoxy groups -OCH3 is 1. The molecule has 2 aromatic rings. The molecular formula is C21H25N3O3. The van der Waals surface area contributed by atoms with Gasteiger partial charge < -0.3 is 14.5 Å². The van der Waals surface area contributed by atoms with Crippen LogP contribution in [0.1, 0.15) is 38.3 Å². The summed E-state index contributed by atoms with van der Waals surface area (Å²) in [6, 6.07) is 7.40. The Kier molecular flexibility index (Phi) is 5.74. The van der Waals surface area contributed by atoms with E-state index in [1.165, 1.54) is 0 Å². The van der Waals surface area contributed by atoms with Crippen LogP contribution in [0.15, 0.2) is 36.7 Å². The molecule has 1 fully saturated rings. The topological polar surface area (TPSA) is 62.7 Å². The fourth-order valence-electron chi connectivity index (χ4n) is 3.52. The van der Waals surface area contributed by atoms with Crippen molar-refractivity contribution in [3.8, 4) is 5.75 Å². The minimum absolute atomic E-state index is 0.0403. The van der Waals surface area contributed by atoms with Crippen molar-refractivity contribution in [2.24, 2.45) is 0 Å². The normalized spacial score (nSPS) is 14.6. The van der Waals surface area contributed by atoms with Crippen molar-refractivity contribution in [3.63, 3.8) is 0 Å². The molecule has 1 aliphatic heterocycles. The molecule has 1 aromatic heterocycles. The summed E-state index contributed by atoms with van der Waals surface area (Å²) in [5, 5.41) is 0. The Labute approximate surface area is 159 Å². The predicted octanol–water partition coefficient (Wildman–Crippen LogP) is 2.70. The third kappa shape index (κ3) is 4.10. The van der Waals surface area contributed by atoms with E-state index < -0.39 is 0 Å². The van der Waals surface area contributed by atoms with Gasteiger partial charge in [-0.25, -0.2) is 0 Å². The molecular weight excluding hydrogens is 342 g/mol. The van der Waals surface area contributed by atoms with Gasteiger partial charge in [-0.05, 0) is 49.6 Å². The summed E-state index contributed by atoms with van der Waals surface area (Å²) in [5.41, 5.74) is 3.15. The monoisotopic (exact) mass is 367 g/mol. The standard InChI is InChI=1S/C21H25N3O3/c1-15-12-16(2)19(18(13-15)27-3)21(26)24-9-5-8-23(10-11-24)20(25)17-6-4-7-22-14-17/h4,6-7,12-14H,5,8-11H2,1-3H3. The Morgan fingerprint density at radius 2 is 1.74 bits per heavy atom. The molecule has 6 nitrogen and oxygen atoms in total. The first kappa shape index (κ1) is 18.9. The van der Waals surface area contributed by atoms with Crippen LogP contribution >= 0.6 is 0 Å². The van der Waals surface area contributed by atoms with Crippen LogP contribution < -0.4 is 4.74 Å². The molecule has 1 aromatic carbocycles. The lowest BCUT2D eigenvalue weighted by molar-refractivity contribution is 0.0716. The molecule has 142 valence electrons. The van der Waals surface area contributed by atoms with Gasteiger partial charge in [0.15, 0.2) is 0 Å². The fourth-order valence-corrected chi connectivity index (χ4v) is 3.52. The number of hydrogen-bond donors (Lipinski definition) is 0. The van der Waals surface area contributed by atoms with Gasteiger partial charge in [0.1, 0.15) is 5.75 Å². The van der Waals surface area contributed by atoms with Crippen molar-refractivity contribution in [2.45, 2.75) is 20.3 Å². The third-order valence-electron chi connectivity index (χ3n) is 4.86. The number of carbonyl (C=O) groups is 2. The zero-order valence-corrected chi connectivity index (χ0v) is 16.1. The van der Waals surface area contributed by atoms with Gasteiger partial charge in [-0.2, -0.15) is 0 Å². The second-order valence-corrected chi connectivity index (χ2v) is 6.84. The second-order valence-electron chi connectivity index (χ2n) is 6.84. The van der Waals surface area contributed by atoms with Crippen molar-refractivity contribution in [1.29, 1.82) is 0 Å². The van der Waals surface area contributed by atoms with Crippen LogP contribution in [0.5, 0.6) is 5.75 Å². The number of pyridine rings is 1. The number of nitrogens with zero attached hydrogens (tertiary/aromatic N) is 3. The van der Waals surface area contributed by atoms with Gasteiger partial charge >= 0.3 is 0 Å². The summed E-state index contributed by atoms with van der Waals surface area (Å²) in [7, 11) is 1.59. The molecule has 0 atom stereocenters. The molecule has 2 amide bonds. The number of aryl methyl sites for hydroxylation is 2. The highest BCUT2D eigenvalue weighted by Gasteiger charge is 2.26. The lowest BCUT2D eigenvalue weighted by Gasteiger charge is -2.24. The first-order valence-electron chi connectivity index (χ1n) is 9.15. The summed E-state index contributed by atoms with van der Waals surface area (Å²) in [4.78, 5) is 33.4. The number of rotatable bonds is 3. The van der Waals surface area contributed by atoms with Crippen LogP contribution in [0.4, 0.5) is 0 Å². The fraction of sp³-hybridized carbons (Fsp3) is 0.381. The van der Waals surface area contributed by atoms with Crippen LogP contribution in [0.25, 0.3) is 0 Å². The average Bonchev–Trinajstić information content (AvgIpc) is 2.93. The first-order valence-corrected chi connectivity index (χ1v) is 9.15. The Morgan fingerprint density at radius 3 is 2.37 bits per heavy atom. The number of carbonyl (C=O) groups excluding carboxylic acids is 2. The molecule has 0 spiro atoms. The minimum atomic E-state index is -0.0416. The van der Waals surface area contributed by atoms with Gasteiger partial charge in [-0.1, -0.05) is 6.07 Å². The number of aromatic nitrogens is 1. The number of hydrogen-bond acceptors (Lipinski definition) is 4. The van der Waals surface area contributed by atoms with Crippen LogP contribution in [0.3, 0.4) is 0 Å². The van der Waals surface area contributed by atoms with E-state index in [1.807, 2.05) is 30.9 Å². The van der Waals surface area contributed by atoms with E-state index in [0.29, 0.717) is 43.1 Å². The molecule has 0 aliphatic carbocycles. The van der Waals surface area contributed by atoms with E-state index in [2.05, 4.69) is 4.98 Å². The molecule has 6 heteroatoms. The molecule has 2 heterocycles. The van der Waals surface area contributed by atoms with Crippen LogP contribution in [-0.2, 0) is 0 Å². The Hall–Kier alpha value is -2.89. The van der Waals surface area contributed by atoms with E-state index in [9.17, 15) is 9.59 Å². The largest absolute Gasteiger partial charge is 0.496 e. The Bertz CT molecular complexity index is 836. The molecule has 0 saturated carbocycles. The maximum atomic E-state index is 13.1. The zero-order chi connectivity index (χ0) is 19.4. The van der Waals surface area contributed by atoms with Gasteiger partial charge in [-0.15, -0.1) is 0 Å². The van der Waals surface area contributed by atoms with Gasteiger partial charge in [0.05, 0.1) is 18.2 Å². The number of amides is 2. The molecule has 3 rings (SSSR count). The number of ether oxygens (including phenoxy) is 1. The highest BCUT2D eigenvalue weighted by molar-refractivity contribution is 5.99. The highest BCUT2D eigenvalue weighted by Crippen LogP contribution is 2.26. The highest BCUT2D eigenvalue weighted by atomic mass is 16.5. The lowest BCUT2D eigenvalue weighted by atomic mass is 10.0. The smallest absolute Gasteiger partial charge is 0.257 e. The summed E-state index contributed by atoms with van der Waals surface area (Å²) < 4.78 is 5.45. The van der Waals surface area contributed by atoms with Crippen LogP contribution in [0, 0.1) is 13.8 Å². The summed E-state index contributed by atoms with van der Waals surface area (Å²) in [6.45, 7) is 6.16. The van der Waals surface area contributed by atoms with Crippen LogP contribution in [0.2, 0.25) is 0 Å². The van der Waals surface area contributed by atoms with E-state index in [0.717, 1.165) is 17.5 Å². The summed E-state index contributed by atoms with van der Waals surface area (Å²) in [6.07, 6.45) is 3.97. The van der Waals surface area contributed by atoms with E-state index >= 15 is 0 Å². The minimum Gasteiger partial charge on any atom is -0.496 e. The van der Waals surface area contributed by atoms with Crippen molar-refractivity contribution >= 4 is 11.8 Å². The molecule has 27 heavy (non-hydrogen) atoms. The SMILES string of the molecule is COc1cc(C)cc(C)c1C(=O)N1CCCN(C(=O)c2cccnc2)CC1. The predicted molar refractivity (Wildman–Crippen MR) is 103 cm³/mol. The maximum absolute atomic E-state index is 13.1. The first-order chi connectivity index (χ1) is 13.0. The van der Waals surface area contributed by atoms with Gasteiger partial charge in [0.2, 0.25) is 0 Å². The lowest BCUT2D eigenvalue weighted by Crippen LogP contribution is -2.37. The molecule has 0 unspecified atom stereocenters. The zero-order valence-electron chi connectivity index (χ0n) is 16.1. The Morgan fingerprint density at radius 1 is 1.04 bits per heavy atom. The number of benzene rings is 1. The summed E-state index contributed by atoms with van der Waals surface area (Å²) >= 11 is 0. The third-order valence-corrected chi connectivity index (χ3v) is 4.86. The molecule has 0 radical (unpaired) electrons. The average molecular weight is 367 g/mol. The van der Waals surface area contributed by atoms with E-state index in [-0.39, 0.29) is 11.8 Å². The quantitative estimate of drug-likeness (QED) is 0.837. The van der Waals surface area contributed by atoms with Gasteiger partial charge in [0.25, 0.3) is 11.8 Å². The second kappa shape index (κ2) is 8.20. The molecule has 0 N–H and O–H groups in total. The molecule has 1 saturated heterocycles. The summed E-state index contributed by atoms with van der Waals surface area (Å²) in [5.74, 6) is 0.520. The Balaban J connectivity index is 1.75. The van der Waals surface area contributed by atoms with Gasteiger partial charge in [0, 0.05) is 38.6 Å². The van der Waals surface area contributed by atoms with Crippen molar-refractivity contribution in [1.82, 2.24) is 14.8 Å². The van der Waals surface area contributed by atoms with Crippen molar-refractivity contribution in [2.75, 3.05) is 33.3 Å². The van der Waals surface area contributed by atoms with Crippen molar-refractivity contribution < 1.29 is 14.3 Å². The van der Waals surface area contributed by atoms with Crippen LogP contribution in [-0.4, -0.2) is 59.9 Å². The molecule has 0 bridgehead atoms. The maximum Gasteiger partial charge on any atom is 0.257 e. The van der Waals surface area contributed by atoms with E-state index in [4.69, 9.17) is 4.74 Å². The van der Waals surface area contributed by atoms with Gasteiger partial charge in [-0.3, -0.25) is 14.6 Å². The van der Waals surface area contributed by atoms with Crippen molar-refractivity contribution in [3.05, 3.63) is 58.9 Å².